The van der Waals surface area contributed by atoms with Gasteiger partial charge in [-0.05, 0) is 0 Å². The van der Waals surface area contributed by atoms with Gasteiger partial charge in [-0.1, -0.05) is 0 Å². The normalized spacial score (nSPS) is 13.8. The van der Waals surface area contributed by atoms with Gasteiger partial charge in [0, 0.05) is 0 Å². The first-order chi connectivity index (χ1) is 4.21. The molecule has 0 radical (unpaired) electrons. The number of hydrogen-bond donors (Lipinski definition) is 0. The molecule has 0 bridgehead atoms. The van der Waals surface area contributed by atoms with Crippen LogP contribution in [0, 0.1) is 0 Å². The summed E-state index contributed by atoms with van der Waals surface area (Å²) in [6.07, 6.45) is -5.17. The molecule has 0 aromatic carbocycles. The van der Waals surface area contributed by atoms with Crippen molar-refractivity contribution in [1.82, 2.24) is 0 Å². The molecule has 0 aromatic heterocycles. The van der Waals surface area contributed by atoms with Gasteiger partial charge >= 0.3 is 72.0 Å². The van der Waals surface area contributed by atoms with Crippen LogP contribution in [0.25, 0.3) is 0 Å². The Balaban J connectivity index is 3.56. The standard InChI is InChI=1S/C3H4F3.3ClH.Sn/c1-2-3(4,5)6;;;;/h1-2H2;3*1H;/q;;;;+3/p-3. The monoisotopic (exact) mass is 322 g/mol. The Morgan fingerprint density at radius 2 is 1.50 bits per heavy atom. The maximum atomic E-state index is 11.4. The number of hydrogen-bond acceptors (Lipinski definition) is 0. The van der Waals surface area contributed by atoms with Crippen molar-refractivity contribution in [2.45, 2.75) is 17.0 Å². The van der Waals surface area contributed by atoms with E-state index in [2.05, 4.69) is 0 Å². The zero-order valence-electron chi connectivity index (χ0n) is 4.68. The zero-order valence-corrected chi connectivity index (χ0v) is 9.80. The van der Waals surface area contributed by atoms with Crippen LogP contribution >= 0.6 is 26.8 Å². The fourth-order valence-electron chi connectivity index (χ4n) is 0.283. The first kappa shape index (κ1) is 11.5. The fourth-order valence-corrected chi connectivity index (χ4v) is 3.80. The maximum absolute atomic E-state index is 11.4. The van der Waals surface area contributed by atoms with Crippen LogP contribution in [0.1, 0.15) is 6.42 Å². The third-order valence-corrected chi connectivity index (χ3v) is 6.83. The van der Waals surface area contributed by atoms with Crippen molar-refractivity contribution >= 4 is 41.8 Å². The Hall–Kier alpha value is 1.46. The van der Waals surface area contributed by atoms with E-state index < -0.39 is 27.6 Å². The van der Waals surface area contributed by atoms with Gasteiger partial charge in [-0.3, -0.25) is 0 Å². The van der Waals surface area contributed by atoms with E-state index in [9.17, 15) is 13.2 Å². The molecule has 0 spiro atoms. The quantitative estimate of drug-likeness (QED) is 0.682. The average Bonchev–Trinajstić information content (AvgIpc) is 1.57. The molecule has 0 aliphatic heterocycles. The summed E-state index contributed by atoms with van der Waals surface area (Å²) in [6.45, 7) is 0. The predicted octanol–water partition coefficient (Wildman–Crippen LogP) is 3.59. The molecule has 0 saturated carbocycles. The van der Waals surface area contributed by atoms with E-state index in [4.69, 9.17) is 26.8 Å². The summed E-state index contributed by atoms with van der Waals surface area (Å²) in [5.41, 5.74) is 0. The molecule has 0 amide bonds. The topological polar surface area (TPSA) is 0 Å². The third-order valence-electron chi connectivity index (χ3n) is 0.692. The summed E-state index contributed by atoms with van der Waals surface area (Å²) in [4.78, 5) is 0. The minimum atomic E-state index is -4.19. The second-order valence-electron chi connectivity index (χ2n) is 1.73. The summed E-state index contributed by atoms with van der Waals surface area (Å²) in [5.74, 6) is 0. The van der Waals surface area contributed by atoms with E-state index >= 15 is 0 Å². The molecule has 0 aliphatic rings. The molecule has 7 heteroatoms. The van der Waals surface area contributed by atoms with Crippen LogP contribution < -0.4 is 0 Å². The van der Waals surface area contributed by atoms with Gasteiger partial charge in [-0.15, -0.1) is 0 Å². The van der Waals surface area contributed by atoms with Crippen LogP contribution in [-0.2, 0) is 0 Å². The van der Waals surface area contributed by atoms with Crippen molar-refractivity contribution < 1.29 is 13.2 Å². The molecule has 0 heterocycles. The summed E-state index contributed by atoms with van der Waals surface area (Å²) < 4.78 is 34.0. The van der Waals surface area contributed by atoms with E-state index in [1.54, 1.807) is 0 Å². The van der Waals surface area contributed by atoms with E-state index in [0.717, 1.165) is 0 Å². The van der Waals surface area contributed by atoms with Gasteiger partial charge in [0.05, 0.1) is 0 Å². The molecule has 62 valence electrons. The molecule has 10 heavy (non-hydrogen) atoms. The van der Waals surface area contributed by atoms with Crippen LogP contribution in [0.3, 0.4) is 0 Å². The molecule has 0 N–H and O–H groups in total. The minimum absolute atomic E-state index is 0.289. The molecule has 0 atom stereocenters. The van der Waals surface area contributed by atoms with Crippen LogP contribution in [0.2, 0.25) is 4.44 Å². The molecule has 0 aromatic rings. The second-order valence-corrected chi connectivity index (χ2v) is 23.5. The third kappa shape index (κ3) is 9.46. The first-order valence-corrected chi connectivity index (χ1v) is 15.2. The predicted molar refractivity (Wildman–Crippen MR) is 38.8 cm³/mol. The molecule has 0 fully saturated rings. The van der Waals surface area contributed by atoms with Crippen LogP contribution in [-0.4, -0.2) is 21.2 Å². The molecular weight excluding hydrogens is 318 g/mol. The summed E-state index contributed by atoms with van der Waals surface area (Å²) in [6, 6.07) is 0. The van der Waals surface area contributed by atoms with Gasteiger partial charge in [0.1, 0.15) is 0 Å². The molecule has 0 saturated heterocycles. The van der Waals surface area contributed by atoms with Gasteiger partial charge in [0.25, 0.3) is 0 Å². The van der Waals surface area contributed by atoms with Crippen molar-refractivity contribution in [3.63, 3.8) is 0 Å². The first-order valence-electron chi connectivity index (χ1n) is 2.34. The van der Waals surface area contributed by atoms with Gasteiger partial charge in [-0.2, -0.15) is 0 Å². The molecular formula is C3H4Cl3F3Sn. The van der Waals surface area contributed by atoms with E-state index in [1.807, 2.05) is 0 Å². The number of rotatable bonds is 2. The zero-order chi connectivity index (χ0) is 8.41. The van der Waals surface area contributed by atoms with Crippen LogP contribution in [0.15, 0.2) is 0 Å². The average molecular weight is 322 g/mol. The Kier molecular flexibility index (Phi) is 4.49. The number of halogens is 6. The van der Waals surface area contributed by atoms with Crippen molar-refractivity contribution in [2.75, 3.05) is 0 Å². The van der Waals surface area contributed by atoms with Crippen molar-refractivity contribution in [3.8, 4) is 0 Å². The number of alkyl halides is 3. The van der Waals surface area contributed by atoms with Crippen LogP contribution in [0.5, 0.6) is 0 Å². The summed E-state index contributed by atoms with van der Waals surface area (Å²) in [5, 5.41) is 0. The van der Waals surface area contributed by atoms with Crippen molar-refractivity contribution in [1.29, 1.82) is 0 Å². The van der Waals surface area contributed by atoms with Crippen molar-refractivity contribution in [2.24, 2.45) is 0 Å². The van der Waals surface area contributed by atoms with Gasteiger partial charge in [0.15, 0.2) is 0 Å². The summed E-state index contributed by atoms with van der Waals surface area (Å²) in [7, 11) is 15.8. The van der Waals surface area contributed by atoms with Crippen molar-refractivity contribution in [3.05, 3.63) is 0 Å². The van der Waals surface area contributed by atoms with Gasteiger partial charge in [-0.25, -0.2) is 0 Å². The molecule has 0 nitrogen and oxygen atoms in total. The Bertz CT molecular complexity index is 92.5. The molecule has 0 rings (SSSR count). The summed E-state index contributed by atoms with van der Waals surface area (Å²) >= 11 is -3.72. The SMILES string of the molecule is FC(F)(F)C[CH2][Sn]([Cl])([Cl])[Cl]. The molecule has 0 unspecified atom stereocenters. The van der Waals surface area contributed by atoms with Crippen LogP contribution in [0.4, 0.5) is 13.2 Å². The van der Waals surface area contributed by atoms with E-state index in [-0.39, 0.29) is 4.44 Å². The Morgan fingerprint density at radius 1 is 1.10 bits per heavy atom. The van der Waals surface area contributed by atoms with Gasteiger partial charge < -0.3 is 0 Å². The Morgan fingerprint density at radius 3 is 1.60 bits per heavy atom. The van der Waals surface area contributed by atoms with E-state index in [0.29, 0.717) is 0 Å². The molecule has 0 aliphatic carbocycles. The second kappa shape index (κ2) is 3.92. The Labute approximate surface area is 71.6 Å². The van der Waals surface area contributed by atoms with Gasteiger partial charge in [0.2, 0.25) is 0 Å². The fraction of sp³-hybridized carbons (Fsp3) is 1.00. The van der Waals surface area contributed by atoms with E-state index in [1.165, 1.54) is 0 Å².